The van der Waals surface area contributed by atoms with Crippen molar-refractivity contribution in [2.45, 2.75) is 18.8 Å². The van der Waals surface area contributed by atoms with Gasteiger partial charge in [0.15, 0.2) is 0 Å². The quantitative estimate of drug-likeness (QED) is 0.771. The van der Waals surface area contributed by atoms with E-state index < -0.39 is 11.5 Å². The molecule has 1 aliphatic heterocycles. The van der Waals surface area contributed by atoms with Crippen LogP contribution in [0.3, 0.4) is 0 Å². The number of aromatic amines is 1. The van der Waals surface area contributed by atoms with Crippen molar-refractivity contribution >= 4 is 5.97 Å². The molecule has 17 heavy (non-hydrogen) atoms. The lowest BCUT2D eigenvalue weighted by atomic mass is 9.97. The van der Waals surface area contributed by atoms with Gasteiger partial charge in [-0.15, -0.1) is 0 Å². The predicted octanol–water partition coefficient (Wildman–Crippen LogP) is 0.277. The monoisotopic (exact) mass is 237 g/mol. The molecule has 0 aliphatic carbocycles. The van der Waals surface area contributed by atoms with Gasteiger partial charge in [0.2, 0.25) is 0 Å². The van der Waals surface area contributed by atoms with Crippen LogP contribution < -0.4 is 5.56 Å². The molecule has 1 fully saturated rings. The number of hydrogen-bond acceptors (Lipinski definition) is 4. The Balaban J connectivity index is 2.25. The molecular formula is C11H15N3O3. The zero-order valence-electron chi connectivity index (χ0n) is 9.64. The van der Waals surface area contributed by atoms with E-state index in [4.69, 9.17) is 5.11 Å². The normalized spacial score (nSPS) is 21.4. The van der Waals surface area contributed by atoms with Gasteiger partial charge in [0.1, 0.15) is 11.4 Å². The fourth-order valence-corrected chi connectivity index (χ4v) is 2.16. The minimum absolute atomic E-state index is 0.185. The van der Waals surface area contributed by atoms with E-state index in [1.165, 1.54) is 0 Å². The summed E-state index contributed by atoms with van der Waals surface area (Å²) < 4.78 is 0. The maximum absolute atomic E-state index is 11.5. The summed E-state index contributed by atoms with van der Waals surface area (Å²) in [4.78, 5) is 31.0. The number of likely N-dealkylation sites (N-methyl/N-ethyl adjacent to an activating group) is 1. The number of nitrogens with one attached hydrogen (secondary N) is 1. The van der Waals surface area contributed by atoms with Crippen LogP contribution in [-0.2, 0) is 0 Å². The van der Waals surface area contributed by atoms with Crippen molar-refractivity contribution in [1.29, 1.82) is 0 Å². The highest BCUT2D eigenvalue weighted by Gasteiger charge is 2.21. The van der Waals surface area contributed by atoms with Gasteiger partial charge in [0.25, 0.3) is 5.56 Å². The van der Waals surface area contributed by atoms with Gasteiger partial charge in [0.05, 0.1) is 0 Å². The predicted molar refractivity (Wildman–Crippen MR) is 61.3 cm³/mol. The Morgan fingerprint density at radius 2 is 2.41 bits per heavy atom. The molecule has 0 saturated carbocycles. The summed E-state index contributed by atoms with van der Waals surface area (Å²) in [5.74, 6) is -0.470. The molecule has 1 unspecified atom stereocenters. The van der Waals surface area contributed by atoms with E-state index in [0.717, 1.165) is 32.1 Å². The van der Waals surface area contributed by atoms with Crippen molar-refractivity contribution in [3.8, 4) is 0 Å². The molecule has 0 amide bonds. The number of rotatable bonds is 2. The Morgan fingerprint density at radius 1 is 1.65 bits per heavy atom. The van der Waals surface area contributed by atoms with Gasteiger partial charge in [-0.3, -0.25) is 4.79 Å². The lowest BCUT2D eigenvalue weighted by Crippen LogP contribution is -2.33. The number of piperidine rings is 1. The second kappa shape index (κ2) is 4.67. The van der Waals surface area contributed by atoms with Gasteiger partial charge in [-0.05, 0) is 26.4 Å². The number of H-pyrrole nitrogens is 1. The van der Waals surface area contributed by atoms with Gasteiger partial charge in [-0.1, -0.05) is 0 Å². The van der Waals surface area contributed by atoms with E-state index in [2.05, 4.69) is 14.9 Å². The van der Waals surface area contributed by atoms with Crippen LogP contribution in [0.4, 0.5) is 0 Å². The number of likely N-dealkylation sites (tertiary alicyclic amines) is 1. The third-order valence-electron chi connectivity index (χ3n) is 3.06. The van der Waals surface area contributed by atoms with Crippen LogP contribution in [-0.4, -0.2) is 46.1 Å². The Hall–Kier alpha value is -1.69. The minimum Gasteiger partial charge on any atom is -0.477 e. The number of hydrogen-bond donors (Lipinski definition) is 2. The van der Waals surface area contributed by atoms with Crippen molar-refractivity contribution in [1.82, 2.24) is 14.9 Å². The highest BCUT2D eigenvalue weighted by atomic mass is 16.4. The zero-order valence-corrected chi connectivity index (χ0v) is 9.64. The summed E-state index contributed by atoms with van der Waals surface area (Å²) in [6.45, 7) is 1.89. The highest BCUT2D eigenvalue weighted by Crippen LogP contribution is 2.22. The van der Waals surface area contributed by atoms with Crippen LogP contribution in [0, 0.1) is 0 Å². The summed E-state index contributed by atoms with van der Waals surface area (Å²) >= 11 is 0. The van der Waals surface area contributed by atoms with Crippen LogP contribution in [0.25, 0.3) is 0 Å². The van der Waals surface area contributed by atoms with Crippen molar-refractivity contribution in [2.75, 3.05) is 20.1 Å². The minimum atomic E-state index is -1.24. The van der Waals surface area contributed by atoms with E-state index in [-0.39, 0.29) is 11.5 Å². The molecule has 2 N–H and O–H groups in total. The second-order valence-electron chi connectivity index (χ2n) is 4.42. The van der Waals surface area contributed by atoms with E-state index in [9.17, 15) is 9.59 Å². The molecule has 0 spiro atoms. The number of aromatic nitrogens is 2. The Morgan fingerprint density at radius 3 is 3.00 bits per heavy atom. The van der Waals surface area contributed by atoms with Crippen LogP contribution in [0.2, 0.25) is 0 Å². The van der Waals surface area contributed by atoms with Gasteiger partial charge in [0, 0.05) is 18.7 Å². The lowest BCUT2D eigenvalue weighted by molar-refractivity contribution is 0.0694. The molecule has 1 aromatic rings. The largest absolute Gasteiger partial charge is 0.477 e. The molecule has 6 nitrogen and oxygen atoms in total. The fraction of sp³-hybridized carbons (Fsp3) is 0.545. The van der Waals surface area contributed by atoms with Crippen LogP contribution >= 0.6 is 0 Å². The van der Waals surface area contributed by atoms with Crippen molar-refractivity contribution in [3.63, 3.8) is 0 Å². The average Bonchev–Trinajstić information content (AvgIpc) is 2.28. The number of nitrogens with zero attached hydrogens (tertiary/aromatic N) is 2. The third kappa shape index (κ3) is 2.52. The molecule has 1 saturated heterocycles. The fourth-order valence-electron chi connectivity index (χ4n) is 2.16. The molecule has 2 heterocycles. The summed E-state index contributed by atoms with van der Waals surface area (Å²) in [6.07, 6.45) is 3.18. The first-order valence-electron chi connectivity index (χ1n) is 5.59. The summed E-state index contributed by atoms with van der Waals surface area (Å²) in [5, 5.41) is 8.74. The van der Waals surface area contributed by atoms with Gasteiger partial charge < -0.3 is 15.0 Å². The number of carbonyl (C=O) groups is 1. The summed E-state index contributed by atoms with van der Waals surface area (Å²) in [5.41, 5.74) is -0.881. The SMILES string of the molecule is CN1CCCC(c2ncc(C(=O)O)c(=O)[nH]2)C1. The van der Waals surface area contributed by atoms with E-state index in [1.54, 1.807) is 0 Å². The van der Waals surface area contributed by atoms with Crippen LogP contribution in [0.5, 0.6) is 0 Å². The molecule has 2 rings (SSSR count). The molecule has 6 heteroatoms. The molecule has 1 aromatic heterocycles. The number of carboxylic acid groups (broad SMARTS) is 1. The molecular weight excluding hydrogens is 222 g/mol. The molecule has 0 radical (unpaired) electrons. The molecule has 0 aromatic carbocycles. The van der Waals surface area contributed by atoms with Gasteiger partial charge in [-0.2, -0.15) is 0 Å². The Labute approximate surface area is 98.3 Å². The van der Waals surface area contributed by atoms with E-state index in [1.807, 2.05) is 7.05 Å². The summed E-state index contributed by atoms with van der Waals surface area (Å²) in [7, 11) is 2.02. The zero-order chi connectivity index (χ0) is 12.4. The van der Waals surface area contributed by atoms with Crippen LogP contribution in [0.15, 0.2) is 11.0 Å². The Kier molecular flexibility index (Phi) is 3.23. The number of aromatic carboxylic acids is 1. The van der Waals surface area contributed by atoms with Gasteiger partial charge in [-0.25, -0.2) is 9.78 Å². The molecule has 92 valence electrons. The molecule has 1 aliphatic rings. The van der Waals surface area contributed by atoms with E-state index in [0.29, 0.717) is 5.82 Å². The van der Waals surface area contributed by atoms with Crippen molar-refractivity contribution in [3.05, 3.63) is 27.9 Å². The average molecular weight is 237 g/mol. The highest BCUT2D eigenvalue weighted by molar-refractivity contribution is 5.86. The third-order valence-corrected chi connectivity index (χ3v) is 3.06. The first-order valence-corrected chi connectivity index (χ1v) is 5.59. The summed E-state index contributed by atoms with van der Waals surface area (Å²) in [6, 6.07) is 0. The maximum atomic E-state index is 11.5. The topological polar surface area (TPSA) is 86.3 Å². The molecule has 0 bridgehead atoms. The standard InChI is InChI=1S/C11H15N3O3/c1-14-4-2-3-7(6-14)9-12-5-8(11(16)17)10(15)13-9/h5,7H,2-4,6H2,1H3,(H,16,17)(H,12,13,15). The van der Waals surface area contributed by atoms with Gasteiger partial charge >= 0.3 is 5.97 Å². The van der Waals surface area contributed by atoms with Crippen molar-refractivity contribution < 1.29 is 9.90 Å². The smallest absolute Gasteiger partial charge is 0.342 e. The van der Waals surface area contributed by atoms with E-state index >= 15 is 0 Å². The lowest BCUT2D eigenvalue weighted by Gasteiger charge is -2.28. The second-order valence-corrected chi connectivity index (χ2v) is 4.42. The first kappa shape index (κ1) is 11.8. The maximum Gasteiger partial charge on any atom is 0.342 e. The molecule has 1 atom stereocenters. The number of carboxylic acids is 1. The Bertz CT molecular complexity index is 483. The van der Waals surface area contributed by atoms with Crippen LogP contribution in [0.1, 0.15) is 34.9 Å². The first-order chi connectivity index (χ1) is 8.08. The van der Waals surface area contributed by atoms with Crippen molar-refractivity contribution in [2.24, 2.45) is 0 Å².